The minimum Gasteiger partial charge on any atom is -0.486 e. The van der Waals surface area contributed by atoms with Crippen LogP contribution in [-0.4, -0.2) is 25.7 Å². The fraction of sp³-hybridized carbons (Fsp3) is 0.538. The molecule has 1 aromatic rings. The zero-order chi connectivity index (χ0) is 12.1. The van der Waals surface area contributed by atoms with E-state index in [0.29, 0.717) is 18.7 Å². The quantitative estimate of drug-likeness (QED) is 0.834. The third kappa shape index (κ3) is 3.41. The summed E-state index contributed by atoms with van der Waals surface area (Å²) in [7, 11) is 0. The maximum absolute atomic E-state index is 13.7. The predicted molar refractivity (Wildman–Crippen MR) is 65.7 cm³/mol. The minimum absolute atomic E-state index is 0.0820. The van der Waals surface area contributed by atoms with Gasteiger partial charge in [0.25, 0.3) is 0 Å². The van der Waals surface area contributed by atoms with Crippen LogP contribution in [0.2, 0.25) is 0 Å². The van der Waals surface area contributed by atoms with Gasteiger partial charge in [-0.25, -0.2) is 4.39 Å². The molecular weight excluding hydrogens is 219 g/mol. The van der Waals surface area contributed by atoms with Crippen molar-refractivity contribution in [2.45, 2.75) is 25.4 Å². The zero-order valence-electron chi connectivity index (χ0n) is 9.92. The van der Waals surface area contributed by atoms with Crippen molar-refractivity contribution < 1.29 is 9.13 Å². The van der Waals surface area contributed by atoms with Gasteiger partial charge in [-0.1, -0.05) is 6.07 Å². The summed E-state index contributed by atoms with van der Waals surface area (Å²) in [5.74, 6) is 0.0565. The molecule has 1 atom stereocenters. The Labute approximate surface area is 101 Å². The lowest BCUT2D eigenvalue weighted by molar-refractivity contribution is 0.160. The van der Waals surface area contributed by atoms with Crippen LogP contribution in [0.15, 0.2) is 18.2 Å². The van der Waals surface area contributed by atoms with Crippen molar-refractivity contribution >= 4 is 0 Å². The monoisotopic (exact) mass is 238 g/mol. The van der Waals surface area contributed by atoms with Gasteiger partial charge in [0.15, 0.2) is 11.6 Å². The van der Waals surface area contributed by atoms with Gasteiger partial charge in [-0.05, 0) is 50.0 Å². The van der Waals surface area contributed by atoms with Gasteiger partial charge in [-0.2, -0.15) is 0 Å². The number of ether oxygens (including phenoxy) is 1. The van der Waals surface area contributed by atoms with Crippen LogP contribution in [-0.2, 0) is 6.42 Å². The van der Waals surface area contributed by atoms with E-state index < -0.39 is 0 Å². The van der Waals surface area contributed by atoms with Gasteiger partial charge in [0.05, 0.1) is 0 Å². The summed E-state index contributed by atoms with van der Waals surface area (Å²) in [5.41, 5.74) is 6.35. The van der Waals surface area contributed by atoms with E-state index >= 15 is 0 Å². The third-order valence-electron chi connectivity index (χ3n) is 2.97. The lowest BCUT2D eigenvalue weighted by Crippen LogP contribution is -2.37. The molecule has 1 unspecified atom stereocenters. The highest BCUT2D eigenvalue weighted by molar-refractivity contribution is 5.29. The van der Waals surface area contributed by atoms with Gasteiger partial charge in [0, 0.05) is 6.54 Å². The summed E-state index contributed by atoms with van der Waals surface area (Å²) < 4.78 is 19.4. The Hall–Kier alpha value is -1.13. The molecule has 0 saturated carbocycles. The molecule has 3 nitrogen and oxygen atoms in total. The van der Waals surface area contributed by atoms with Gasteiger partial charge >= 0.3 is 0 Å². The van der Waals surface area contributed by atoms with Crippen molar-refractivity contribution in [3.63, 3.8) is 0 Å². The third-order valence-corrected chi connectivity index (χ3v) is 2.97. The highest BCUT2D eigenvalue weighted by Crippen LogP contribution is 2.21. The molecule has 4 heteroatoms. The molecule has 0 aromatic heterocycles. The molecule has 1 aliphatic heterocycles. The maximum atomic E-state index is 13.7. The van der Waals surface area contributed by atoms with Crippen LogP contribution in [0.5, 0.6) is 5.75 Å². The van der Waals surface area contributed by atoms with Crippen molar-refractivity contribution in [3.05, 3.63) is 29.6 Å². The molecule has 1 heterocycles. The van der Waals surface area contributed by atoms with Crippen LogP contribution in [0.1, 0.15) is 18.4 Å². The predicted octanol–water partition coefficient (Wildman–Crippen LogP) is 1.46. The lowest BCUT2D eigenvalue weighted by atomic mass is 10.1. The van der Waals surface area contributed by atoms with Crippen LogP contribution in [0.4, 0.5) is 4.39 Å². The second-order valence-electron chi connectivity index (χ2n) is 4.39. The molecule has 1 fully saturated rings. The average Bonchev–Trinajstić information content (AvgIpc) is 2.34. The Morgan fingerprint density at radius 2 is 2.35 bits per heavy atom. The summed E-state index contributed by atoms with van der Waals surface area (Å²) in [5, 5.41) is 3.24. The average molecular weight is 238 g/mol. The first-order valence-corrected chi connectivity index (χ1v) is 6.15. The first-order valence-electron chi connectivity index (χ1n) is 6.15. The van der Waals surface area contributed by atoms with Gasteiger partial charge in [-0.3, -0.25) is 0 Å². The summed E-state index contributed by atoms with van der Waals surface area (Å²) >= 11 is 0. The Morgan fingerprint density at radius 3 is 3.00 bits per heavy atom. The van der Waals surface area contributed by atoms with E-state index in [9.17, 15) is 4.39 Å². The second kappa shape index (κ2) is 5.98. The number of nitrogens with one attached hydrogen (secondary N) is 1. The highest BCUT2D eigenvalue weighted by Gasteiger charge is 2.16. The smallest absolute Gasteiger partial charge is 0.165 e. The Kier molecular flexibility index (Phi) is 4.34. The topological polar surface area (TPSA) is 47.3 Å². The molecule has 1 aliphatic rings. The molecule has 0 bridgehead atoms. The van der Waals surface area contributed by atoms with Gasteiger partial charge in [0.2, 0.25) is 0 Å². The Morgan fingerprint density at radius 1 is 1.47 bits per heavy atom. The van der Waals surface area contributed by atoms with Crippen LogP contribution in [0, 0.1) is 5.82 Å². The van der Waals surface area contributed by atoms with E-state index in [1.165, 1.54) is 6.07 Å². The summed E-state index contributed by atoms with van der Waals surface area (Å²) in [4.78, 5) is 0. The standard InChI is InChI=1S/C13H19FN2O/c14-12-8-10(5-6-15)3-4-13(12)17-11-2-1-7-16-9-11/h3-4,8,11,16H,1-2,5-7,9,15H2. The SMILES string of the molecule is NCCc1ccc(OC2CCCNC2)c(F)c1. The van der Waals surface area contributed by atoms with E-state index in [1.54, 1.807) is 6.07 Å². The fourth-order valence-corrected chi connectivity index (χ4v) is 2.06. The highest BCUT2D eigenvalue weighted by atomic mass is 19.1. The number of halogens is 1. The van der Waals surface area contributed by atoms with Gasteiger partial charge in [0.1, 0.15) is 6.10 Å². The van der Waals surface area contributed by atoms with E-state index in [-0.39, 0.29) is 11.9 Å². The molecular formula is C13H19FN2O. The second-order valence-corrected chi connectivity index (χ2v) is 4.39. The van der Waals surface area contributed by atoms with Crippen LogP contribution < -0.4 is 15.8 Å². The van der Waals surface area contributed by atoms with Crippen molar-refractivity contribution in [1.82, 2.24) is 5.32 Å². The number of hydrogen-bond acceptors (Lipinski definition) is 3. The molecule has 17 heavy (non-hydrogen) atoms. The van der Waals surface area contributed by atoms with Gasteiger partial charge in [-0.15, -0.1) is 0 Å². The molecule has 0 aliphatic carbocycles. The first kappa shape index (κ1) is 12.3. The number of benzene rings is 1. The Balaban J connectivity index is 2.00. The van der Waals surface area contributed by atoms with Crippen molar-refractivity contribution in [2.24, 2.45) is 5.73 Å². The first-order chi connectivity index (χ1) is 8.29. The van der Waals surface area contributed by atoms with Crippen molar-refractivity contribution in [1.29, 1.82) is 0 Å². The van der Waals surface area contributed by atoms with Crippen LogP contribution >= 0.6 is 0 Å². The Bertz CT molecular complexity index is 364. The molecule has 3 N–H and O–H groups in total. The van der Waals surface area contributed by atoms with Crippen molar-refractivity contribution in [2.75, 3.05) is 19.6 Å². The molecule has 0 radical (unpaired) electrons. The largest absolute Gasteiger partial charge is 0.486 e. The van der Waals surface area contributed by atoms with Crippen LogP contribution in [0.25, 0.3) is 0 Å². The van der Waals surface area contributed by atoms with E-state index in [0.717, 1.165) is 31.5 Å². The van der Waals surface area contributed by atoms with Crippen molar-refractivity contribution in [3.8, 4) is 5.75 Å². The summed E-state index contributed by atoms with van der Waals surface area (Å²) in [6.45, 7) is 2.36. The molecule has 94 valence electrons. The lowest BCUT2D eigenvalue weighted by Gasteiger charge is -2.24. The number of hydrogen-bond donors (Lipinski definition) is 2. The molecule has 1 aromatic carbocycles. The zero-order valence-corrected chi connectivity index (χ0v) is 9.92. The molecule has 0 amide bonds. The summed E-state index contributed by atoms with van der Waals surface area (Å²) in [6, 6.07) is 5.09. The normalized spacial score (nSPS) is 20.2. The number of piperidine rings is 1. The fourth-order valence-electron chi connectivity index (χ4n) is 2.06. The molecule has 1 saturated heterocycles. The number of rotatable bonds is 4. The van der Waals surface area contributed by atoms with Crippen LogP contribution in [0.3, 0.4) is 0 Å². The van der Waals surface area contributed by atoms with Gasteiger partial charge < -0.3 is 15.8 Å². The van der Waals surface area contributed by atoms with E-state index in [1.807, 2.05) is 6.07 Å². The van der Waals surface area contributed by atoms with E-state index in [4.69, 9.17) is 10.5 Å². The minimum atomic E-state index is -0.290. The maximum Gasteiger partial charge on any atom is 0.165 e. The van der Waals surface area contributed by atoms with E-state index in [2.05, 4.69) is 5.32 Å². The molecule has 0 spiro atoms. The molecule has 2 rings (SSSR count). The number of nitrogens with two attached hydrogens (primary N) is 1. The summed E-state index contributed by atoms with van der Waals surface area (Å²) in [6.07, 6.45) is 2.84.